The van der Waals surface area contributed by atoms with E-state index in [4.69, 9.17) is 11.6 Å². The molecule has 0 aliphatic carbocycles. The molecule has 2 unspecified atom stereocenters. The predicted molar refractivity (Wildman–Crippen MR) is 74.5 cm³/mol. The first-order valence-corrected chi connectivity index (χ1v) is 6.49. The summed E-state index contributed by atoms with van der Waals surface area (Å²) in [6.07, 6.45) is 0.954. The van der Waals surface area contributed by atoms with Crippen molar-refractivity contribution >= 4 is 23.2 Å². The molecule has 1 N–H and O–H groups in total. The standard InChI is InChI=1S/C13H17ClN2O3/c1-4-8(2)9(3)15-13(17)11-6-5-10(16(18)19)7-12(11)14/h5-9H,4H2,1-3H3,(H,15,17). The van der Waals surface area contributed by atoms with E-state index in [0.29, 0.717) is 5.92 Å². The van der Waals surface area contributed by atoms with Gasteiger partial charge in [-0.2, -0.15) is 0 Å². The lowest BCUT2D eigenvalue weighted by Crippen LogP contribution is -2.37. The molecule has 1 aromatic carbocycles. The molecule has 6 heteroatoms. The SMILES string of the molecule is CCC(C)C(C)NC(=O)c1ccc([N+](=O)[O-])cc1Cl. The lowest BCUT2D eigenvalue weighted by Gasteiger charge is -2.20. The molecule has 0 bridgehead atoms. The third kappa shape index (κ3) is 3.92. The third-order valence-electron chi connectivity index (χ3n) is 3.26. The summed E-state index contributed by atoms with van der Waals surface area (Å²) >= 11 is 5.90. The van der Waals surface area contributed by atoms with Gasteiger partial charge in [-0.3, -0.25) is 14.9 Å². The van der Waals surface area contributed by atoms with E-state index in [2.05, 4.69) is 5.32 Å². The summed E-state index contributed by atoms with van der Waals surface area (Å²) in [6.45, 7) is 6.01. The minimum atomic E-state index is -0.546. The molecule has 1 amide bonds. The van der Waals surface area contributed by atoms with Crippen LogP contribution in [0.4, 0.5) is 5.69 Å². The first-order valence-electron chi connectivity index (χ1n) is 6.11. The summed E-state index contributed by atoms with van der Waals surface area (Å²) in [5.74, 6) is 0.0356. The van der Waals surface area contributed by atoms with Crippen LogP contribution in [0.2, 0.25) is 5.02 Å². The van der Waals surface area contributed by atoms with Crippen molar-refractivity contribution in [3.8, 4) is 0 Å². The maximum Gasteiger partial charge on any atom is 0.270 e. The van der Waals surface area contributed by atoms with Crippen molar-refractivity contribution < 1.29 is 9.72 Å². The number of hydrogen-bond donors (Lipinski definition) is 1. The highest BCUT2D eigenvalue weighted by molar-refractivity contribution is 6.34. The number of nitrogens with zero attached hydrogens (tertiary/aromatic N) is 1. The highest BCUT2D eigenvalue weighted by atomic mass is 35.5. The van der Waals surface area contributed by atoms with Crippen LogP contribution in [0.1, 0.15) is 37.6 Å². The zero-order valence-electron chi connectivity index (χ0n) is 11.1. The van der Waals surface area contributed by atoms with E-state index >= 15 is 0 Å². The fraction of sp³-hybridized carbons (Fsp3) is 0.462. The van der Waals surface area contributed by atoms with Crippen molar-refractivity contribution in [1.82, 2.24) is 5.32 Å². The van der Waals surface area contributed by atoms with E-state index < -0.39 is 4.92 Å². The minimum Gasteiger partial charge on any atom is -0.349 e. The number of amides is 1. The van der Waals surface area contributed by atoms with Crippen LogP contribution in [-0.2, 0) is 0 Å². The summed E-state index contributed by atoms with van der Waals surface area (Å²) in [4.78, 5) is 22.1. The predicted octanol–water partition coefficient (Wildman–Crippen LogP) is 3.41. The van der Waals surface area contributed by atoms with Crippen molar-refractivity contribution in [2.45, 2.75) is 33.2 Å². The van der Waals surface area contributed by atoms with E-state index in [-0.39, 0.29) is 28.2 Å². The molecule has 0 aliphatic heterocycles. The second-order valence-corrected chi connectivity index (χ2v) is 4.98. The van der Waals surface area contributed by atoms with Gasteiger partial charge in [-0.25, -0.2) is 0 Å². The Kier molecular flexibility index (Phi) is 5.30. The van der Waals surface area contributed by atoms with Gasteiger partial charge in [0.1, 0.15) is 0 Å². The van der Waals surface area contributed by atoms with Crippen molar-refractivity contribution in [3.05, 3.63) is 38.9 Å². The van der Waals surface area contributed by atoms with Gasteiger partial charge in [-0.15, -0.1) is 0 Å². The van der Waals surface area contributed by atoms with Crippen LogP contribution in [0.15, 0.2) is 18.2 Å². The summed E-state index contributed by atoms with van der Waals surface area (Å²) in [5.41, 5.74) is 0.124. The lowest BCUT2D eigenvalue weighted by molar-refractivity contribution is -0.384. The average molecular weight is 285 g/mol. The number of nitro groups is 1. The Hall–Kier alpha value is -1.62. The summed E-state index contributed by atoms with van der Waals surface area (Å²) < 4.78 is 0. The van der Waals surface area contributed by atoms with Gasteiger partial charge < -0.3 is 5.32 Å². The maximum atomic E-state index is 12.0. The lowest BCUT2D eigenvalue weighted by atomic mass is 10.0. The van der Waals surface area contributed by atoms with E-state index in [0.717, 1.165) is 6.42 Å². The average Bonchev–Trinajstić information content (AvgIpc) is 2.37. The van der Waals surface area contributed by atoms with Gasteiger partial charge >= 0.3 is 0 Å². The molecule has 0 aliphatic rings. The molecule has 0 saturated carbocycles. The second kappa shape index (κ2) is 6.52. The summed E-state index contributed by atoms with van der Waals surface area (Å²) in [5, 5.41) is 13.5. The molecule has 2 atom stereocenters. The molecule has 19 heavy (non-hydrogen) atoms. The van der Waals surface area contributed by atoms with E-state index in [1.165, 1.54) is 18.2 Å². The Bertz CT molecular complexity index is 491. The quantitative estimate of drug-likeness (QED) is 0.665. The minimum absolute atomic E-state index is 0.0174. The van der Waals surface area contributed by atoms with Crippen LogP contribution in [-0.4, -0.2) is 16.9 Å². The molecule has 0 fully saturated rings. The van der Waals surface area contributed by atoms with Gasteiger partial charge in [0, 0.05) is 18.2 Å². The van der Waals surface area contributed by atoms with Crippen molar-refractivity contribution in [2.75, 3.05) is 0 Å². The van der Waals surface area contributed by atoms with Crippen LogP contribution in [0.5, 0.6) is 0 Å². The Morgan fingerprint density at radius 2 is 2.11 bits per heavy atom. The number of non-ortho nitro benzene ring substituents is 1. The first kappa shape index (κ1) is 15.4. The molecular weight excluding hydrogens is 268 g/mol. The molecular formula is C13H17ClN2O3. The van der Waals surface area contributed by atoms with Crippen LogP contribution in [0, 0.1) is 16.0 Å². The number of carbonyl (C=O) groups excluding carboxylic acids is 1. The largest absolute Gasteiger partial charge is 0.349 e. The molecule has 0 spiro atoms. The molecule has 0 aromatic heterocycles. The second-order valence-electron chi connectivity index (χ2n) is 4.57. The molecule has 1 aromatic rings. The number of carbonyl (C=O) groups is 1. The summed E-state index contributed by atoms with van der Waals surface area (Å²) in [6, 6.07) is 3.85. The van der Waals surface area contributed by atoms with Gasteiger partial charge in [-0.1, -0.05) is 31.9 Å². The molecule has 0 radical (unpaired) electrons. The number of halogens is 1. The van der Waals surface area contributed by atoms with Crippen LogP contribution < -0.4 is 5.32 Å². The van der Waals surface area contributed by atoms with E-state index in [1.54, 1.807) is 0 Å². The van der Waals surface area contributed by atoms with Crippen molar-refractivity contribution in [2.24, 2.45) is 5.92 Å². The molecule has 0 heterocycles. The Balaban J connectivity index is 2.86. The molecule has 0 saturated heterocycles. The summed E-state index contributed by atoms with van der Waals surface area (Å²) in [7, 11) is 0. The van der Waals surface area contributed by atoms with Gasteiger partial charge in [0.2, 0.25) is 0 Å². The van der Waals surface area contributed by atoms with Gasteiger partial charge in [-0.05, 0) is 18.9 Å². The number of benzene rings is 1. The Morgan fingerprint density at radius 1 is 1.47 bits per heavy atom. The highest BCUT2D eigenvalue weighted by Crippen LogP contribution is 2.22. The maximum absolute atomic E-state index is 12.0. The number of rotatable bonds is 5. The fourth-order valence-corrected chi connectivity index (χ4v) is 1.84. The fourth-order valence-electron chi connectivity index (χ4n) is 1.58. The number of nitro benzene ring substituents is 1. The van der Waals surface area contributed by atoms with Crippen molar-refractivity contribution in [3.63, 3.8) is 0 Å². The van der Waals surface area contributed by atoms with Gasteiger partial charge in [0.25, 0.3) is 11.6 Å². The van der Waals surface area contributed by atoms with Crippen molar-refractivity contribution in [1.29, 1.82) is 0 Å². The van der Waals surface area contributed by atoms with E-state index in [9.17, 15) is 14.9 Å². The van der Waals surface area contributed by atoms with Gasteiger partial charge in [0.05, 0.1) is 15.5 Å². The Morgan fingerprint density at radius 3 is 2.58 bits per heavy atom. The zero-order chi connectivity index (χ0) is 14.6. The van der Waals surface area contributed by atoms with Crippen LogP contribution >= 0.6 is 11.6 Å². The van der Waals surface area contributed by atoms with Gasteiger partial charge in [0.15, 0.2) is 0 Å². The smallest absolute Gasteiger partial charge is 0.270 e. The number of hydrogen-bond acceptors (Lipinski definition) is 3. The normalized spacial score (nSPS) is 13.7. The molecule has 104 valence electrons. The van der Waals surface area contributed by atoms with Crippen LogP contribution in [0.25, 0.3) is 0 Å². The van der Waals surface area contributed by atoms with E-state index in [1.807, 2.05) is 20.8 Å². The number of nitrogens with one attached hydrogen (secondary N) is 1. The monoisotopic (exact) mass is 284 g/mol. The Labute approximate surface area is 117 Å². The molecule has 5 nitrogen and oxygen atoms in total. The molecule has 1 rings (SSSR count). The highest BCUT2D eigenvalue weighted by Gasteiger charge is 2.18. The first-order chi connectivity index (χ1) is 8.86. The zero-order valence-corrected chi connectivity index (χ0v) is 11.9. The topological polar surface area (TPSA) is 72.2 Å². The van der Waals surface area contributed by atoms with Crippen LogP contribution in [0.3, 0.4) is 0 Å². The third-order valence-corrected chi connectivity index (χ3v) is 3.58.